The van der Waals surface area contributed by atoms with E-state index in [1.54, 1.807) is 6.08 Å². The molecule has 0 fully saturated rings. The van der Waals surface area contributed by atoms with Crippen LogP contribution in [-0.2, 0) is 4.79 Å². The topological polar surface area (TPSA) is 58.2 Å². The van der Waals surface area contributed by atoms with Gasteiger partial charge in [-0.05, 0) is 40.6 Å². The molecule has 0 spiro atoms. The van der Waals surface area contributed by atoms with Crippen LogP contribution in [0, 0.1) is 5.82 Å². The second-order valence-corrected chi connectivity index (χ2v) is 4.59. The summed E-state index contributed by atoms with van der Waals surface area (Å²) < 4.78 is 13.3. The molecule has 0 unspecified atom stereocenters. The monoisotopic (exact) mass is 290 g/mol. The number of hydrogen-bond acceptors (Lipinski definition) is 3. The first-order valence-corrected chi connectivity index (χ1v) is 6.66. The van der Waals surface area contributed by atoms with Crippen LogP contribution >= 0.6 is 11.3 Å². The predicted octanol–water partition coefficient (Wildman–Crippen LogP) is 2.36. The summed E-state index contributed by atoms with van der Waals surface area (Å²) in [5, 5.41) is 3.76. The SMILES string of the molecule is O=C(C=Cc1ccsc1)NNC(=O)c1ccccc1F. The zero-order chi connectivity index (χ0) is 14.4. The van der Waals surface area contributed by atoms with E-state index in [-0.39, 0.29) is 5.56 Å². The number of halogens is 1. The average molecular weight is 290 g/mol. The lowest BCUT2D eigenvalue weighted by Crippen LogP contribution is -2.41. The first-order chi connectivity index (χ1) is 9.66. The molecule has 1 heterocycles. The molecule has 0 saturated heterocycles. The van der Waals surface area contributed by atoms with Crippen molar-refractivity contribution in [2.75, 3.05) is 0 Å². The third-order valence-electron chi connectivity index (χ3n) is 2.39. The van der Waals surface area contributed by atoms with Crippen molar-refractivity contribution in [2.45, 2.75) is 0 Å². The first kappa shape index (κ1) is 14.0. The van der Waals surface area contributed by atoms with Gasteiger partial charge in [0.1, 0.15) is 5.82 Å². The van der Waals surface area contributed by atoms with Crippen LogP contribution in [0.3, 0.4) is 0 Å². The van der Waals surface area contributed by atoms with E-state index in [4.69, 9.17) is 0 Å². The van der Waals surface area contributed by atoms with Crippen molar-refractivity contribution in [3.63, 3.8) is 0 Å². The highest BCUT2D eigenvalue weighted by atomic mass is 32.1. The standard InChI is InChI=1S/C14H11FN2O2S/c15-12-4-2-1-3-11(12)14(19)17-16-13(18)6-5-10-7-8-20-9-10/h1-9H,(H,16,18)(H,17,19). The maximum absolute atomic E-state index is 13.3. The van der Waals surface area contributed by atoms with E-state index in [0.717, 1.165) is 5.56 Å². The summed E-state index contributed by atoms with van der Waals surface area (Å²) in [6.07, 6.45) is 2.89. The predicted molar refractivity (Wildman–Crippen MR) is 75.4 cm³/mol. The van der Waals surface area contributed by atoms with Crippen LogP contribution in [0.2, 0.25) is 0 Å². The van der Waals surface area contributed by atoms with Crippen LogP contribution in [0.25, 0.3) is 6.08 Å². The van der Waals surface area contributed by atoms with Crippen LogP contribution in [-0.4, -0.2) is 11.8 Å². The van der Waals surface area contributed by atoms with Gasteiger partial charge in [0.2, 0.25) is 0 Å². The minimum absolute atomic E-state index is 0.130. The van der Waals surface area contributed by atoms with Crippen LogP contribution in [0.1, 0.15) is 15.9 Å². The number of carbonyl (C=O) groups is 2. The molecule has 2 amide bonds. The van der Waals surface area contributed by atoms with Gasteiger partial charge in [-0.25, -0.2) is 4.39 Å². The summed E-state index contributed by atoms with van der Waals surface area (Å²) in [4.78, 5) is 23.1. The summed E-state index contributed by atoms with van der Waals surface area (Å²) in [5.74, 6) is -1.85. The zero-order valence-electron chi connectivity index (χ0n) is 10.3. The highest BCUT2D eigenvalue weighted by molar-refractivity contribution is 7.08. The van der Waals surface area contributed by atoms with Crippen molar-refractivity contribution in [1.29, 1.82) is 0 Å². The number of hydrogen-bond donors (Lipinski definition) is 2. The van der Waals surface area contributed by atoms with Gasteiger partial charge < -0.3 is 0 Å². The highest BCUT2D eigenvalue weighted by Crippen LogP contribution is 2.07. The van der Waals surface area contributed by atoms with E-state index < -0.39 is 17.6 Å². The number of carbonyl (C=O) groups excluding carboxylic acids is 2. The largest absolute Gasteiger partial charge is 0.272 e. The molecule has 0 saturated carbocycles. The summed E-state index contributed by atoms with van der Waals surface area (Å²) in [7, 11) is 0. The van der Waals surface area contributed by atoms with Gasteiger partial charge in [0.25, 0.3) is 11.8 Å². The van der Waals surface area contributed by atoms with Gasteiger partial charge >= 0.3 is 0 Å². The Bertz CT molecular complexity index is 638. The number of benzene rings is 1. The number of amides is 2. The molecule has 6 heteroatoms. The maximum atomic E-state index is 13.3. The smallest absolute Gasteiger partial charge is 0.268 e. The lowest BCUT2D eigenvalue weighted by molar-refractivity contribution is -0.117. The summed E-state index contributed by atoms with van der Waals surface area (Å²) >= 11 is 1.51. The van der Waals surface area contributed by atoms with Crippen molar-refractivity contribution in [3.05, 3.63) is 64.1 Å². The number of nitrogens with one attached hydrogen (secondary N) is 2. The highest BCUT2D eigenvalue weighted by Gasteiger charge is 2.10. The van der Waals surface area contributed by atoms with Crippen LogP contribution in [0.4, 0.5) is 4.39 Å². The molecular formula is C14H11FN2O2S. The Kier molecular flexibility index (Phi) is 4.62. The van der Waals surface area contributed by atoms with Crippen LogP contribution in [0.15, 0.2) is 47.2 Å². The molecule has 1 aromatic heterocycles. The molecule has 0 radical (unpaired) electrons. The minimum Gasteiger partial charge on any atom is -0.268 e. The Morgan fingerprint density at radius 2 is 1.95 bits per heavy atom. The lowest BCUT2D eigenvalue weighted by Gasteiger charge is -2.05. The summed E-state index contributed by atoms with van der Waals surface area (Å²) in [6, 6.07) is 7.38. The van der Waals surface area contributed by atoms with Crippen molar-refractivity contribution < 1.29 is 14.0 Å². The molecular weight excluding hydrogens is 279 g/mol. The van der Waals surface area contributed by atoms with Gasteiger partial charge in [0.15, 0.2) is 0 Å². The van der Waals surface area contributed by atoms with E-state index in [0.29, 0.717) is 0 Å². The fraction of sp³-hybridized carbons (Fsp3) is 0. The quantitative estimate of drug-likeness (QED) is 0.673. The molecule has 0 aliphatic heterocycles. The molecule has 1 aromatic carbocycles. The molecule has 20 heavy (non-hydrogen) atoms. The van der Waals surface area contributed by atoms with Crippen molar-refractivity contribution in [3.8, 4) is 0 Å². The molecule has 2 N–H and O–H groups in total. The summed E-state index contributed by atoms with van der Waals surface area (Å²) in [6.45, 7) is 0. The molecule has 0 bridgehead atoms. The van der Waals surface area contributed by atoms with Gasteiger partial charge in [-0.3, -0.25) is 20.4 Å². The van der Waals surface area contributed by atoms with Crippen LogP contribution in [0.5, 0.6) is 0 Å². The Hall–Kier alpha value is -2.47. The zero-order valence-corrected chi connectivity index (χ0v) is 11.1. The fourth-order valence-electron chi connectivity index (χ4n) is 1.41. The minimum atomic E-state index is -0.708. The maximum Gasteiger partial charge on any atom is 0.272 e. The second kappa shape index (κ2) is 6.63. The Morgan fingerprint density at radius 3 is 2.65 bits per heavy atom. The summed E-state index contributed by atoms with van der Waals surface area (Å²) in [5.41, 5.74) is 5.09. The Morgan fingerprint density at radius 1 is 1.15 bits per heavy atom. The second-order valence-electron chi connectivity index (χ2n) is 3.81. The first-order valence-electron chi connectivity index (χ1n) is 5.72. The molecule has 2 aromatic rings. The van der Waals surface area contributed by atoms with Gasteiger partial charge in [-0.1, -0.05) is 12.1 Å². The van der Waals surface area contributed by atoms with Crippen molar-refractivity contribution >= 4 is 29.2 Å². The third kappa shape index (κ3) is 3.76. The number of thiophene rings is 1. The van der Waals surface area contributed by atoms with Gasteiger partial charge in [0.05, 0.1) is 5.56 Å². The van der Waals surface area contributed by atoms with E-state index >= 15 is 0 Å². The molecule has 0 aliphatic rings. The molecule has 2 rings (SSSR count). The Labute approximate surface area is 118 Å². The van der Waals surface area contributed by atoms with Gasteiger partial charge in [-0.15, -0.1) is 0 Å². The molecule has 102 valence electrons. The Balaban J connectivity index is 1.87. The van der Waals surface area contributed by atoms with Gasteiger partial charge in [-0.2, -0.15) is 11.3 Å². The van der Waals surface area contributed by atoms with Gasteiger partial charge in [0, 0.05) is 6.08 Å². The van der Waals surface area contributed by atoms with Crippen LogP contribution < -0.4 is 10.9 Å². The fourth-order valence-corrected chi connectivity index (χ4v) is 2.04. The van der Waals surface area contributed by atoms with E-state index in [2.05, 4.69) is 10.9 Å². The lowest BCUT2D eigenvalue weighted by atomic mass is 10.2. The van der Waals surface area contributed by atoms with Crippen molar-refractivity contribution in [1.82, 2.24) is 10.9 Å². The van der Waals surface area contributed by atoms with Crippen molar-refractivity contribution in [2.24, 2.45) is 0 Å². The number of rotatable bonds is 3. The normalized spacial score (nSPS) is 10.4. The van der Waals surface area contributed by atoms with E-state index in [1.165, 1.54) is 41.7 Å². The average Bonchev–Trinajstić information content (AvgIpc) is 2.96. The van der Waals surface area contributed by atoms with E-state index in [1.807, 2.05) is 16.8 Å². The number of hydrazine groups is 1. The molecule has 0 atom stereocenters. The molecule has 4 nitrogen and oxygen atoms in total. The third-order valence-corrected chi connectivity index (χ3v) is 3.09. The molecule has 0 aliphatic carbocycles. The van der Waals surface area contributed by atoms with E-state index in [9.17, 15) is 14.0 Å².